The summed E-state index contributed by atoms with van der Waals surface area (Å²) < 4.78 is 15.9. The molecule has 2 rings (SSSR count). The van der Waals surface area contributed by atoms with Gasteiger partial charge in [0.2, 0.25) is 0 Å². The van der Waals surface area contributed by atoms with Crippen molar-refractivity contribution < 1.29 is 13.9 Å². The molecule has 0 aliphatic carbocycles. The van der Waals surface area contributed by atoms with Crippen LogP contribution in [0.4, 0.5) is 5.69 Å². The molecule has 1 aromatic carbocycles. The van der Waals surface area contributed by atoms with E-state index < -0.39 is 0 Å². The molecule has 0 saturated carbocycles. The van der Waals surface area contributed by atoms with E-state index >= 15 is 0 Å². The van der Waals surface area contributed by atoms with Crippen molar-refractivity contribution in [3.8, 4) is 11.5 Å². The molecule has 0 spiro atoms. The summed E-state index contributed by atoms with van der Waals surface area (Å²) in [5.41, 5.74) is 2.01. The first-order valence-electron chi connectivity index (χ1n) is 5.73. The Kier molecular flexibility index (Phi) is 3.77. The fourth-order valence-corrected chi connectivity index (χ4v) is 1.71. The molecule has 18 heavy (non-hydrogen) atoms. The molecule has 4 nitrogen and oxygen atoms in total. The first-order valence-corrected chi connectivity index (χ1v) is 5.73. The summed E-state index contributed by atoms with van der Waals surface area (Å²) in [6, 6.07) is 7.58. The molecule has 1 aromatic heterocycles. The Labute approximate surface area is 107 Å². The number of anilines is 1. The molecule has 0 fully saturated rings. The molecular weight excluding hydrogens is 230 g/mol. The highest BCUT2D eigenvalue weighted by Gasteiger charge is 2.07. The smallest absolute Gasteiger partial charge is 0.142 e. The Morgan fingerprint density at radius 1 is 1.17 bits per heavy atom. The first-order chi connectivity index (χ1) is 8.74. The minimum absolute atomic E-state index is 0.613. The largest absolute Gasteiger partial charge is 0.497 e. The molecule has 0 aliphatic rings. The Balaban J connectivity index is 2.14. The van der Waals surface area contributed by atoms with Crippen LogP contribution in [-0.4, -0.2) is 14.2 Å². The predicted octanol–water partition coefficient (Wildman–Crippen LogP) is 3.22. The highest BCUT2D eigenvalue weighted by atomic mass is 16.5. The van der Waals surface area contributed by atoms with Crippen LogP contribution in [0, 0.1) is 6.92 Å². The summed E-state index contributed by atoms with van der Waals surface area (Å²) in [4.78, 5) is 0. The van der Waals surface area contributed by atoms with Gasteiger partial charge in [0.15, 0.2) is 0 Å². The molecule has 1 N–H and O–H groups in total. The number of ether oxygens (including phenoxy) is 2. The van der Waals surface area contributed by atoms with E-state index in [1.54, 1.807) is 20.5 Å². The monoisotopic (exact) mass is 247 g/mol. The average Bonchev–Trinajstić information content (AvgIpc) is 2.81. The molecule has 0 saturated heterocycles. The van der Waals surface area contributed by atoms with Crippen molar-refractivity contribution in [2.75, 3.05) is 19.5 Å². The topological polar surface area (TPSA) is 43.6 Å². The van der Waals surface area contributed by atoms with E-state index in [1.165, 1.54) is 0 Å². The van der Waals surface area contributed by atoms with Crippen LogP contribution in [0.3, 0.4) is 0 Å². The van der Waals surface area contributed by atoms with Gasteiger partial charge in [0.1, 0.15) is 17.3 Å². The minimum atomic E-state index is 0.613. The zero-order chi connectivity index (χ0) is 13.0. The standard InChI is InChI=1S/C14H17NO3/c1-10-6-7-18-14(10)9-15-12-8-11(16-2)4-5-13(12)17-3/h4-8,15H,9H2,1-3H3. The molecular formula is C14H17NO3. The second kappa shape index (κ2) is 5.49. The van der Waals surface area contributed by atoms with Crippen molar-refractivity contribution in [1.29, 1.82) is 0 Å². The van der Waals surface area contributed by atoms with E-state index in [1.807, 2.05) is 31.2 Å². The lowest BCUT2D eigenvalue weighted by Crippen LogP contribution is -2.02. The lowest BCUT2D eigenvalue weighted by atomic mass is 10.2. The highest BCUT2D eigenvalue weighted by Crippen LogP contribution is 2.29. The molecule has 0 radical (unpaired) electrons. The Bertz CT molecular complexity index is 520. The summed E-state index contributed by atoms with van der Waals surface area (Å²) in [7, 11) is 3.29. The average molecular weight is 247 g/mol. The molecule has 0 unspecified atom stereocenters. The maximum Gasteiger partial charge on any atom is 0.142 e. The Morgan fingerprint density at radius 2 is 2.00 bits per heavy atom. The van der Waals surface area contributed by atoms with E-state index in [2.05, 4.69) is 5.32 Å². The summed E-state index contributed by atoms with van der Waals surface area (Å²) in [6.07, 6.45) is 1.69. The number of aryl methyl sites for hydroxylation is 1. The van der Waals surface area contributed by atoms with E-state index in [0.29, 0.717) is 6.54 Å². The maximum atomic E-state index is 5.38. The van der Waals surface area contributed by atoms with Crippen molar-refractivity contribution >= 4 is 5.69 Å². The molecule has 0 aliphatic heterocycles. The molecule has 96 valence electrons. The number of nitrogens with one attached hydrogen (secondary N) is 1. The van der Waals surface area contributed by atoms with E-state index in [4.69, 9.17) is 13.9 Å². The summed E-state index contributed by atoms with van der Waals surface area (Å²) >= 11 is 0. The summed E-state index contributed by atoms with van der Waals surface area (Å²) in [6.45, 7) is 2.63. The molecule has 0 bridgehead atoms. The number of furan rings is 1. The molecule has 0 atom stereocenters. The van der Waals surface area contributed by atoms with Gasteiger partial charge in [-0.15, -0.1) is 0 Å². The summed E-state index contributed by atoms with van der Waals surface area (Å²) in [5.74, 6) is 2.48. The second-order valence-corrected chi connectivity index (χ2v) is 3.95. The van der Waals surface area contributed by atoms with Gasteiger partial charge in [-0.05, 0) is 30.7 Å². The van der Waals surface area contributed by atoms with Gasteiger partial charge in [-0.3, -0.25) is 0 Å². The fourth-order valence-electron chi connectivity index (χ4n) is 1.71. The van der Waals surface area contributed by atoms with Gasteiger partial charge in [0.25, 0.3) is 0 Å². The van der Waals surface area contributed by atoms with Crippen molar-refractivity contribution in [1.82, 2.24) is 0 Å². The molecule has 1 heterocycles. The number of methoxy groups -OCH3 is 2. The number of benzene rings is 1. The van der Waals surface area contributed by atoms with Crippen LogP contribution in [0.1, 0.15) is 11.3 Å². The second-order valence-electron chi connectivity index (χ2n) is 3.95. The third kappa shape index (κ3) is 2.59. The third-order valence-corrected chi connectivity index (χ3v) is 2.81. The van der Waals surface area contributed by atoms with E-state index in [9.17, 15) is 0 Å². The van der Waals surface area contributed by atoms with Crippen LogP contribution in [-0.2, 0) is 6.54 Å². The van der Waals surface area contributed by atoms with Crippen LogP contribution in [0.2, 0.25) is 0 Å². The van der Waals surface area contributed by atoms with Crippen molar-refractivity contribution in [3.05, 3.63) is 41.9 Å². The molecule has 0 amide bonds. The van der Waals surface area contributed by atoms with Crippen molar-refractivity contribution in [3.63, 3.8) is 0 Å². The third-order valence-electron chi connectivity index (χ3n) is 2.81. The van der Waals surface area contributed by atoms with Gasteiger partial charge in [-0.2, -0.15) is 0 Å². The fraction of sp³-hybridized carbons (Fsp3) is 0.286. The van der Waals surface area contributed by atoms with E-state index in [-0.39, 0.29) is 0 Å². The van der Waals surface area contributed by atoms with Crippen LogP contribution in [0.5, 0.6) is 11.5 Å². The van der Waals surface area contributed by atoms with Gasteiger partial charge < -0.3 is 19.2 Å². The Morgan fingerprint density at radius 3 is 2.61 bits per heavy atom. The van der Waals surface area contributed by atoms with Gasteiger partial charge >= 0.3 is 0 Å². The van der Waals surface area contributed by atoms with E-state index in [0.717, 1.165) is 28.5 Å². The molecule has 4 heteroatoms. The van der Waals surface area contributed by atoms with Gasteiger partial charge in [-0.25, -0.2) is 0 Å². The zero-order valence-corrected chi connectivity index (χ0v) is 10.8. The van der Waals surface area contributed by atoms with Gasteiger partial charge in [0, 0.05) is 6.07 Å². The number of hydrogen-bond donors (Lipinski definition) is 1. The zero-order valence-electron chi connectivity index (χ0n) is 10.8. The van der Waals surface area contributed by atoms with Crippen molar-refractivity contribution in [2.45, 2.75) is 13.5 Å². The van der Waals surface area contributed by atoms with Crippen molar-refractivity contribution in [2.24, 2.45) is 0 Å². The van der Waals surface area contributed by atoms with Crippen LogP contribution < -0.4 is 14.8 Å². The molecule has 2 aromatic rings. The quantitative estimate of drug-likeness (QED) is 0.881. The van der Waals surface area contributed by atoms with Crippen LogP contribution in [0.15, 0.2) is 34.9 Å². The SMILES string of the molecule is COc1ccc(OC)c(NCc2occc2C)c1. The maximum absolute atomic E-state index is 5.38. The number of rotatable bonds is 5. The minimum Gasteiger partial charge on any atom is -0.497 e. The first kappa shape index (κ1) is 12.4. The lowest BCUT2D eigenvalue weighted by Gasteiger charge is -2.12. The Hall–Kier alpha value is -2.10. The predicted molar refractivity (Wildman–Crippen MR) is 70.3 cm³/mol. The number of hydrogen-bond acceptors (Lipinski definition) is 4. The van der Waals surface area contributed by atoms with Gasteiger partial charge in [0.05, 0.1) is 32.7 Å². The van der Waals surface area contributed by atoms with Crippen LogP contribution >= 0.6 is 0 Å². The lowest BCUT2D eigenvalue weighted by molar-refractivity contribution is 0.404. The van der Waals surface area contributed by atoms with Crippen LogP contribution in [0.25, 0.3) is 0 Å². The highest BCUT2D eigenvalue weighted by molar-refractivity contribution is 5.59. The normalized spacial score (nSPS) is 10.2. The van der Waals surface area contributed by atoms with Gasteiger partial charge in [-0.1, -0.05) is 0 Å². The summed E-state index contributed by atoms with van der Waals surface area (Å²) in [5, 5.41) is 3.28.